The third-order valence-electron chi connectivity index (χ3n) is 11.1. The van der Waals surface area contributed by atoms with Gasteiger partial charge in [0.2, 0.25) is 5.88 Å². The number of anilines is 1. The summed E-state index contributed by atoms with van der Waals surface area (Å²) < 4.78 is 6.56. The molecule has 6 heteroatoms. The van der Waals surface area contributed by atoms with Crippen molar-refractivity contribution >= 4 is 22.4 Å². The molecule has 1 aliphatic carbocycles. The van der Waals surface area contributed by atoms with E-state index in [1.807, 2.05) is 18.2 Å². The third kappa shape index (κ3) is 8.88. The Balaban J connectivity index is 0.00000541. The number of aliphatic imine (C=N–C) groups is 1. The summed E-state index contributed by atoms with van der Waals surface area (Å²) in [5, 5.41) is 11.9. The molecule has 1 aliphatic heterocycles. The Kier molecular flexibility index (Phi) is 11.0. The number of pyridine rings is 1. The molecular weight excluding hydrogens is 834 g/mol. The zero-order valence-corrected chi connectivity index (χ0v) is 37.0. The fourth-order valence-corrected chi connectivity index (χ4v) is 7.68. The SMILES string of the molecule is CC1(C)CCC[C@H]2[C@H](C1)N=C(c1[c-]c(Oc3ccc4cc(C(C)(C)C)cc(O)c4n3)cc(C(C)(C)C)c1)N2c1cc(C(C)(C)C)cc(C(C)(C)C)c1.[Pt]. The van der Waals surface area contributed by atoms with Crippen LogP contribution in [0.3, 0.4) is 0 Å². The van der Waals surface area contributed by atoms with E-state index in [0.29, 0.717) is 17.1 Å². The monoisotopic (exact) mass is 895 g/mol. The van der Waals surface area contributed by atoms with Crippen molar-refractivity contribution < 1.29 is 30.9 Å². The molecule has 1 fully saturated rings. The van der Waals surface area contributed by atoms with E-state index in [2.05, 4.69) is 144 Å². The molecule has 1 saturated carbocycles. The first-order chi connectivity index (χ1) is 23.9. The van der Waals surface area contributed by atoms with Gasteiger partial charge in [-0.3, -0.25) is 0 Å². The molecule has 4 aromatic rings. The molecule has 0 amide bonds. The van der Waals surface area contributed by atoms with E-state index >= 15 is 0 Å². The van der Waals surface area contributed by atoms with E-state index < -0.39 is 0 Å². The van der Waals surface area contributed by atoms with Gasteiger partial charge in [0.05, 0.1) is 11.9 Å². The maximum atomic E-state index is 11.0. The number of benzene rings is 3. The van der Waals surface area contributed by atoms with E-state index in [-0.39, 0.29) is 66.0 Å². The molecule has 2 atom stereocenters. The van der Waals surface area contributed by atoms with Crippen molar-refractivity contribution in [2.45, 2.75) is 156 Å². The molecule has 288 valence electrons. The fourth-order valence-electron chi connectivity index (χ4n) is 7.68. The Morgan fingerprint density at radius 2 is 1.32 bits per heavy atom. The van der Waals surface area contributed by atoms with E-state index in [1.165, 1.54) is 29.7 Å². The minimum absolute atomic E-state index is 0. The maximum absolute atomic E-state index is 11.0. The second-order valence-electron chi connectivity index (χ2n) is 20.5. The topological polar surface area (TPSA) is 58.0 Å². The summed E-state index contributed by atoms with van der Waals surface area (Å²) in [6.07, 6.45) is 4.53. The number of aromatic nitrogens is 1. The number of phenolic OH excluding ortho intramolecular Hbond substituents is 1. The fraction of sp³-hybridized carbons (Fsp3) is 0.532. The van der Waals surface area contributed by atoms with Crippen LogP contribution in [0.4, 0.5) is 5.69 Å². The summed E-state index contributed by atoms with van der Waals surface area (Å²) in [4.78, 5) is 13.0. The van der Waals surface area contributed by atoms with Gasteiger partial charge in [-0.15, -0.1) is 17.2 Å². The van der Waals surface area contributed by atoms with Crippen LogP contribution >= 0.6 is 0 Å². The van der Waals surface area contributed by atoms with Crippen LogP contribution in [0, 0.1) is 11.5 Å². The second kappa shape index (κ2) is 14.2. The minimum atomic E-state index is -0.151. The van der Waals surface area contributed by atoms with Gasteiger partial charge >= 0.3 is 0 Å². The summed E-state index contributed by atoms with van der Waals surface area (Å²) in [6.45, 7) is 31.8. The van der Waals surface area contributed by atoms with Crippen molar-refractivity contribution in [3.63, 3.8) is 0 Å². The van der Waals surface area contributed by atoms with Crippen LogP contribution < -0.4 is 9.64 Å². The number of hydrogen-bond acceptors (Lipinski definition) is 5. The molecule has 3 aromatic carbocycles. The standard InChI is InChI=1S/C47H62N3O2.Pt/c1-43(2,3)31-21-30(22-36(26-31)52-40-18-17-29-20-32(44(4,5)6)27-39(51)41(29)49-40)42-48-37-28-47(13,14)19-15-16-38(37)50(42)35-24-33(45(7,8)9)23-34(25-35)46(10,11)12;/h17-18,20-21,23-27,37-38,51H,15-16,19,28H2,1-14H3;/q-1;/t37-,38-;/m0./s1. The van der Waals surface area contributed by atoms with Crippen molar-refractivity contribution in [3.05, 3.63) is 88.5 Å². The molecule has 0 saturated heterocycles. The third-order valence-corrected chi connectivity index (χ3v) is 11.1. The molecule has 0 bridgehead atoms. The largest absolute Gasteiger partial charge is 0.506 e. The van der Waals surface area contributed by atoms with Crippen molar-refractivity contribution in [1.29, 1.82) is 0 Å². The number of phenols is 1. The van der Waals surface area contributed by atoms with Crippen LogP contribution in [0.5, 0.6) is 17.4 Å². The van der Waals surface area contributed by atoms with Crippen LogP contribution in [-0.2, 0) is 42.7 Å². The first-order valence-electron chi connectivity index (χ1n) is 19.3. The number of amidine groups is 1. The summed E-state index contributed by atoms with van der Waals surface area (Å²) >= 11 is 0. The summed E-state index contributed by atoms with van der Waals surface area (Å²) in [7, 11) is 0. The number of ether oxygens (including phenoxy) is 1. The predicted molar refractivity (Wildman–Crippen MR) is 219 cm³/mol. The Morgan fingerprint density at radius 1 is 0.755 bits per heavy atom. The molecule has 2 aliphatic rings. The first kappa shape index (κ1) is 41.0. The predicted octanol–water partition coefficient (Wildman–Crippen LogP) is 12.3. The van der Waals surface area contributed by atoms with Crippen molar-refractivity contribution in [2.75, 3.05) is 4.90 Å². The molecule has 6 rings (SSSR count). The Labute approximate surface area is 334 Å². The normalized spacial score (nSPS) is 19.4. The van der Waals surface area contributed by atoms with E-state index in [0.717, 1.165) is 40.8 Å². The molecule has 0 radical (unpaired) electrons. The summed E-state index contributed by atoms with van der Waals surface area (Å²) in [6, 6.07) is 23.5. The number of nitrogens with zero attached hydrogens (tertiary/aromatic N) is 3. The quantitative estimate of drug-likeness (QED) is 0.207. The van der Waals surface area contributed by atoms with Gasteiger partial charge in [0.1, 0.15) is 11.3 Å². The Bertz CT molecular complexity index is 1990. The molecule has 53 heavy (non-hydrogen) atoms. The summed E-state index contributed by atoms with van der Waals surface area (Å²) in [5.74, 6) is 2.14. The number of hydrogen-bond donors (Lipinski definition) is 1. The van der Waals surface area contributed by atoms with Crippen LogP contribution in [0.1, 0.15) is 150 Å². The van der Waals surface area contributed by atoms with Crippen LogP contribution in [-0.4, -0.2) is 28.0 Å². The first-order valence-corrected chi connectivity index (χ1v) is 19.3. The molecule has 1 aromatic heterocycles. The number of fused-ring (bicyclic) bond motifs is 2. The molecular formula is C47H62N3O2Pt-. The molecule has 0 spiro atoms. The van der Waals surface area contributed by atoms with Gasteiger partial charge in [0.25, 0.3) is 0 Å². The van der Waals surface area contributed by atoms with Gasteiger partial charge < -0.3 is 19.7 Å². The van der Waals surface area contributed by atoms with Gasteiger partial charge in [-0.2, -0.15) is 0 Å². The van der Waals surface area contributed by atoms with Crippen LogP contribution in [0.2, 0.25) is 0 Å². The average molecular weight is 896 g/mol. The van der Waals surface area contributed by atoms with E-state index in [4.69, 9.17) is 14.7 Å². The second-order valence-corrected chi connectivity index (χ2v) is 20.5. The zero-order valence-electron chi connectivity index (χ0n) is 34.7. The van der Waals surface area contributed by atoms with Crippen LogP contribution in [0.25, 0.3) is 10.9 Å². The smallest absolute Gasteiger partial charge is 0.217 e. The Morgan fingerprint density at radius 3 is 1.91 bits per heavy atom. The van der Waals surface area contributed by atoms with Gasteiger partial charge in [-0.25, -0.2) is 4.98 Å². The molecule has 1 N–H and O–H groups in total. The van der Waals surface area contributed by atoms with Crippen molar-refractivity contribution in [1.82, 2.24) is 4.98 Å². The maximum Gasteiger partial charge on any atom is 0.217 e. The van der Waals surface area contributed by atoms with E-state index in [1.54, 1.807) is 0 Å². The van der Waals surface area contributed by atoms with Gasteiger partial charge in [-0.05, 0) is 93.4 Å². The van der Waals surface area contributed by atoms with Crippen LogP contribution in [0.15, 0.2) is 59.6 Å². The summed E-state index contributed by atoms with van der Waals surface area (Å²) in [5.41, 5.74) is 7.52. The van der Waals surface area contributed by atoms with Gasteiger partial charge in [0.15, 0.2) is 0 Å². The number of aromatic hydroxyl groups is 1. The van der Waals surface area contributed by atoms with Crippen molar-refractivity contribution in [2.24, 2.45) is 10.4 Å². The zero-order chi connectivity index (χ0) is 38.2. The Hall–Kier alpha value is -3.17. The number of rotatable bonds is 4. The average Bonchev–Trinajstić information content (AvgIpc) is 3.28. The molecule has 2 heterocycles. The molecule has 0 unspecified atom stereocenters. The van der Waals surface area contributed by atoms with Crippen molar-refractivity contribution in [3.8, 4) is 17.4 Å². The van der Waals surface area contributed by atoms with E-state index in [9.17, 15) is 5.11 Å². The van der Waals surface area contributed by atoms with Gasteiger partial charge in [-0.1, -0.05) is 122 Å². The minimum Gasteiger partial charge on any atom is -0.506 e. The molecule has 5 nitrogen and oxygen atoms in total. The van der Waals surface area contributed by atoms with Gasteiger partial charge in [0, 0.05) is 50.0 Å².